The van der Waals surface area contributed by atoms with Gasteiger partial charge in [0.15, 0.2) is 0 Å². The van der Waals surface area contributed by atoms with E-state index in [1.165, 1.54) is 24.8 Å². The van der Waals surface area contributed by atoms with Crippen LogP contribution in [0.4, 0.5) is 0 Å². The summed E-state index contributed by atoms with van der Waals surface area (Å²) in [6.45, 7) is 8.40. The van der Waals surface area contributed by atoms with Crippen LogP contribution in [0.5, 0.6) is 0 Å². The molecule has 1 aliphatic heterocycles. The number of benzene rings is 1. The van der Waals surface area contributed by atoms with Crippen molar-refractivity contribution in [1.82, 2.24) is 0 Å². The second-order valence-corrected chi connectivity index (χ2v) is 7.97. The Morgan fingerprint density at radius 1 is 0.900 bits per heavy atom. The van der Waals surface area contributed by atoms with E-state index in [-0.39, 0.29) is 18.3 Å². The van der Waals surface area contributed by atoms with Crippen molar-refractivity contribution in [3.63, 3.8) is 0 Å². The molecule has 0 spiro atoms. The van der Waals surface area contributed by atoms with Gasteiger partial charge in [0.05, 0.1) is 11.2 Å². The molecular weight excluding hydrogens is 247 g/mol. The first-order valence-corrected chi connectivity index (χ1v) is 7.78. The Morgan fingerprint density at radius 3 is 1.80 bits per heavy atom. The van der Waals surface area contributed by atoms with Crippen LogP contribution >= 0.6 is 0 Å². The molecule has 0 atom stereocenters. The van der Waals surface area contributed by atoms with Crippen LogP contribution in [0.15, 0.2) is 24.3 Å². The van der Waals surface area contributed by atoms with Crippen LogP contribution in [0, 0.1) is 5.92 Å². The zero-order valence-electron chi connectivity index (χ0n) is 12.9. The van der Waals surface area contributed by atoms with E-state index < -0.39 is 0 Å². The highest BCUT2D eigenvalue weighted by atomic mass is 16.7. The van der Waals surface area contributed by atoms with E-state index in [1.807, 2.05) is 0 Å². The minimum Gasteiger partial charge on any atom is -0.399 e. The molecule has 1 heterocycles. The van der Waals surface area contributed by atoms with Crippen LogP contribution < -0.4 is 5.46 Å². The van der Waals surface area contributed by atoms with E-state index >= 15 is 0 Å². The zero-order chi connectivity index (χ0) is 14.2. The van der Waals surface area contributed by atoms with Crippen LogP contribution in [0.2, 0.25) is 0 Å². The lowest BCUT2D eigenvalue weighted by Crippen LogP contribution is -2.55. The highest BCUT2D eigenvalue weighted by Gasteiger charge is 2.57. The Morgan fingerprint density at radius 2 is 1.40 bits per heavy atom. The number of hydrogen-bond acceptors (Lipinski definition) is 2. The van der Waals surface area contributed by atoms with E-state index in [4.69, 9.17) is 9.31 Å². The van der Waals surface area contributed by atoms with Gasteiger partial charge in [-0.1, -0.05) is 24.3 Å². The summed E-state index contributed by atoms with van der Waals surface area (Å²) in [5.74, 6) is 1.03. The molecule has 5 rings (SSSR count). The van der Waals surface area contributed by atoms with Gasteiger partial charge in [-0.3, -0.25) is 0 Å². The third kappa shape index (κ3) is 1.60. The fourth-order valence-corrected chi connectivity index (χ4v) is 3.80. The van der Waals surface area contributed by atoms with Crippen molar-refractivity contribution < 1.29 is 9.31 Å². The van der Waals surface area contributed by atoms with Gasteiger partial charge in [0.25, 0.3) is 0 Å². The van der Waals surface area contributed by atoms with Gasteiger partial charge in [-0.25, -0.2) is 0 Å². The normalized spacial score (nSPS) is 36.4. The molecule has 4 fully saturated rings. The fourth-order valence-electron chi connectivity index (χ4n) is 3.80. The summed E-state index contributed by atoms with van der Waals surface area (Å²) in [6.07, 6.45) is 4.22. The molecule has 0 N–H and O–H groups in total. The maximum atomic E-state index is 6.10. The van der Waals surface area contributed by atoms with Crippen LogP contribution in [0.3, 0.4) is 0 Å². The number of hydrogen-bond donors (Lipinski definition) is 0. The quantitative estimate of drug-likeness (QED) is 0.769. The van der Waals surface area contributed by atoms with Gasteiger partial charge in [0.1, 0.15) is 0 Å². The van der Waals surface area contributed by atoms with Crippen LogP contribution in [-0.4, -0.2) is 18.3 Å². The van der Waals surface area contributed by atoms with Gasteiger partial charge >= 0.3 is 7.12 Å². The Balaban J connectivity index is 1.55. The molecule has 3 saturated carbocycles. The van der Waals surface area contributed by atoms with Gasteiger partial charge in [0, 0.05) is 0 Å². The summed E-state index contributed by atoms with van der Waals surface area (Å²) in [5.41, 5.74) is 2.67. The minimum absolute atomic E-state index is 0.234. The van der Waals surface area contributed by atoms with Crippen molar-refractivity contribution >= 4 is 12.6 Å². The molecule has 4 aliphatic rings. The lowest BCUT2D eigenvalue weighted by molar-refractivity contribution is -0.0273. The van der Waals surface area contributed by atoms with E-state index in [1.54, 1.807) is 0 Å². The SMILES string of the molecule is CC1(C)OB(c2ccc(C34CC(C3)C4)cc2)OC1(C)C. The maximum Gasteiger partial charge on any atom is 0.494 e. The largest absolute Gasteiger partial charge is 0.494 e. The monoisotopic (exact) mass is 270 g/mol. The Kier molecular flexibility index (Phi) is 2.38. The van der Waals surface area contributed by atoms with Crippen LogP contribution in [0.1, 0.15) is 52.5 Å². The van der Waals surface area contributed by atoms with Crippen molar-refractivity contribution in [3.05, 3.63) is 29.8 Å². The standard InChI is InChI=1S/C17H23BO2/c1-15(2)16(3,4)20-18(19-15)14-7-5-13(6-8-14)17-9-12(10-17)11-17/h5-8,12H,9-11H2,1-4H3. The van der Waals surface area contributed by atoms with E-state index in [9.17, 15) is 0 Å². The molecule has 20 heavy (non-hydrogen) atoms. The zero-order valence-corrected chi connectivity index (χ0v) is 12.9. The van der Waals surface area contributed by atoms with Crippen molar-refractivity contribution in [3.8, 4) is 0 Å². The molecule has 1 saturated heterocycles. The smallest absolute Gasteiger partial charge is 0.399 e. The second-order valence-electron chi connectivity index (χ2n) is 7.97. The third-order valence-corrected chi connectivity index (χ3v) is 6.09. The Hall–Kier alpha value is -0.795. The Bertz CT molecular complexity index is 514. The molecule has 0 radical (unpaired) electrons. The molecule has 3 aliphatic carbocycles. The predicted molar refractivity (Wildman–Crippen MR) is 81.2 cm³/mol. The summed E-state index contributed by atoms with van der Waals surface area (Å²) < 4.78 is 12.2. The summed E-state index contributed by atoms with van der Waals surface area (Å²) in [7, 11) is -0.234. The van der Waals surface area contributed by atoms with Gasteiger partial charge < -0.3 is 9.31 Å². The molecule has 106 valence electrons. The van der Waals surface area contributed by atoms with E-state index in [0.29, 0.717) is 5.41 Å². The molecule has 0 unspecified atom stereocenters. The van der Waals surface area contributed by atoms with Crippen molar-refractivity contribution in [1.29, 1.82) is 0 Å². The Labute approximate surface area is 122 Å². The molecule has 3 heteroatoms. The molecule has 0 amide bonds. The second kappa shape index (κ2) is 3.69. The lowest BCUT2D eigenvalue weighted by atomic mass is 9.42. The number of rotatable bonds is 2. The van der Waals surface area contributed by atoms with E-state index in [2.05, 4.69) is 52.0 Å². The molecule has 2 nitrogen and oxygen atoms in total. The van der Waals surface area contributed by atoms with Gasteiger partial charge in [0.2, 0.25) is 0 Å². The molecule has 0 aromatic heterocycles. The average Bonchev–Trinajstić information content (AvgIpc) is 2.45. The van der Waals surface area contributed by atoms with Crippen molar-refractivity contribution in [2.75, 3.05) is 0 Å². The molecule has 1 aromatic carbocycles. The summed E-state index contributed by atoms with van der Waals surface area (Å²) >= 11 is 0. The first kappa shape index (κ1) is 12.9. The first-order valence-electron chi connectivity index (χ1n) is 7.78. The van der Waals surface area contributed by atoms with Gasteiger partial charge in [-0.15, -0.1) is 0 Å². The van der Waals surface area contributed by atoms with Gasteiger partial charge in [-0.05, 0) is 69.3 Å². The molecule has 1 aromatic rings. The summed E-state index contributed by atoms with van der Waals surface area (Å²) in [5, 5.41) is 0. The average molecular weight is 270 g/mol. The van der Waals surface area contributed by atoms with E-state index in [0.717, 1.165) is 11.4 Å². The summed E-state index contributed by atoms with van der Waals surface area (Å²) in [4.78, 5) is 0. The topological polar surface area (TPSA) is 18.5 Å². The van der Waals surface area contributed by atoms with Gasteiger partial charge in [-0.2, -0.15) is 0 Å². The highest BCUT2D eigenvalue weighted by Crippen LogP contribution is 2.64. The fraction of sp³-hybridized carbons (Fsp3) is 0.647. The molecule has 2 bridgehead atoms. The summed E-state index contributed by atoms with van der Waals surface area (Å²) in [6, 6.07) is 8.96. The lowest BCUT2D eigenvalue weighted by Gasteiger charge is -2.62. The highest BCUT2D eigenvalue weighted by molar-refractivity contribution is 6.62. The third-order valence-electron chi connectivity index (χ3n) is 6.09. The van der Waals surface area contributed by atoms with Crippen LogP contribution in [-0.2, 0) is 14.7 Å². The minimum atomic E-state index is -0.260. The van der Waals surface area contributed by atoms with Crippen LogP contribution in [0.25, 0.3) is 0 Å². The first-order chi connectivity index (χ1) is 9.31. The van der Waals surface area contributed by atoms with Crippen molar-refractivity contribution in [2.45, 2.75) is 63.6 Å². The molecular formula is C17H23BO2. The maximum absolute atomic E-state index is 6.10. The van der Waals surface area contributed by atoms with Crippen molar-refractivity contribution in [2.24, 2.45) is 5.92 Å². The predicted octanol–water partition coefficient (Wildman–Crippen LogP) is 3.04.